The van der Waals surface area contributed by atoms with Crippen molar-refractivity contribution in [3.63, 3.8) is 0 Å². The maximum absolute atomic E-state index is 2.28. The van der Waals surface area contributed by atoms with Gasteiger partial charge < -0.3 is 11.0 Å². The van der Waals surface area contributed by atoms with Gasteiger partial charge in [0, 0.05) is 0 Å². The molecular weight excluding hydrogens is 182 g/mol. The Balaban J connectivity index is -0.000000107. The van der Waals surface area contributed by atoms with E-state index in [1.165, 1.54) is 36.2 Å². The second-order valence-corrected chi connectivity index (χ2v) is 4.31. The molecule has 68 valence electrons. The molecule has 0 saturated carbocycles. The summed E-state index contributed by atoms with van der Waals surface area (Å²) in [6.45, 7) is 4.55. The van der Waals surface area contributed by atoms with Crippen LogP contribution >= 0.6 is 0 Å². The number of hydrogen-bond acceptors (Lipinski definition) is 0. The molecule has 0 aromatic carbocycles. The van der Waals surface area contributed by atoms with Gasteiger partial charge in [-0.3, -0.25) is 0 Å². The van der Waals surface area contributed by atoms with Gasteiger partial charge in [-0.05, 0) is 0 Å². The third-order valence-electron chi connectivity index (χ3n) is 1.52. The summed E-state index contributed by atoms with van der Waals surface area (Å²) in [5.41, 5.74) is 0. The molecule has 0 saturated heterocycles. The van der Waals surface area contributed by atoms with E-state index in [1.54, 1.807) is 0 Å². The Morgan fingerprint density at radius 1 is 0.833 bits per heavy atom. The first-order valence-corrected chi connectivity index (χ1v) is 5.86. The van der Waals surface area contributed by atoms with E-state index in [9.17, 15) is 0 Å². The van der Waals surface area contributed by atoms with E-state index in [2.05, 4.69) is 13.8 Å². The molecule has 0 bridgehead atoms. The van der Waals surface area contributed by atoms with Gasteiger partial charge in [0.05, 0.1) is 0 Å². The fraction of sp³-hybridized carbons (Fsp3) is 1.00. The van der Waals surface area contributed by atoms with Gasteiger partial charge in [-0.15, -0.1) is 0 Å². The van der Waals surface area contributed by atoms with Gasteiger partial charge in [-0.1, -0.05) is 0 Å². The first kappa shape index (κ1) is 23.1. The Morgan fingerprint density at radius 3 is 1.42 bits per heavy atom. The molecule has 0 aliphatic rings. The van der Waals surface area contributed by atoms with Crippen LogP contribution in [-0.2, 0) is 11.0 Å². The zero-order chi connectivity index (χ0) is 6.95. The molecule has 0 unspecified atom stereocenters. The van der Waals surface area contributed by atoms with Gasteiger partial charge in [-0.25, -0.2) is 0 Å². The standard InChI is InChI=1S/2C4H9.2Al.2O/c2*1-3-4-2;;;;/h2*1,3-4H2,2H3;;;;/q;;+1;+3;2*-2. The Hall–Kier alpha value is 0.985. The SMILES string of the molecule is CCC[CH2][Al+][CH2]CCC.[Al+3].[O-2].[O-2]. The summed E-state index contributed by atoms with van der Waals surface area (Å²) < 4.78 is 0. The minimum absolute atomic E-state index is 0. The van der Waals surface area contributed by atoms with Gasteiger partial charge in [0.2, 0.25) is 0 Å². The zero-order valence-electron chi connectivity index (χ0n) is 8.21. The monoisotopic (exact) mass is 200 g/mol. The fourth-order valence-corrected chi connectivity index (χ4v) is 2.52. The van der Waals surface area contributed by atoms with Crippen LogP contribution in [-0.4, -0.2) is 32.6 Å². The summed E-state index contributed by atoms with van der Waals surface area (Å²) in [5.74, 6) is 0. The van der Waals surface area contributed by atoms with E-state index < -0.39 is 0 Å². The summed E-state index contributed by atoms with van der Waals surface area (Å²) in [5, 5.41) is 3.08. The van der Waals surface area contributed by atoms with Crippen molar-refractivity contribution in [3.8, 4) is 0 Å². The van der Waals surface area contributed by atoms with Crippen molar-refractivity contribution in [1.82, 2.24) is 0 Å². The van der Waals surface area contributed by atoms with Gasteiger partial charge in [0.25, 0.3) is 0 Å². The average Bonchev–Trinajstić information content (AvgIpc) is 1.89. The van der Waals surface area contributed by atoms with Crippen molar-refractivity contribution in [3.05, 3.63) is 0 Å². The molecule has 0 spiro atoms. The van der Waals surface area contributed by atoms with Crippen LogP contribution in [0, 0.1) is 0 Å². The first-order chi connectivity index (χ1) is 4.41. The van der Waals surface area contributed by atoms with Crippen LogP contribution in [0.4, 0.5) is 0 Å². The maximum atomic E-state index is 2.28. The summed E-state index contributed by atoms with van der Waals surface area (Å²) in [6.07, 6.45) is 5.72. The van der Waals surface area contributed by atoms with Crippen LogP contribution in [0.1, 0.15) is 39.5 Å². The predicted molar refractivity (Wildman–Crippen MR) is 52.3 cm³/mol. The molecular formula is C8H18Al2O2. The average molecular weight is 200 g/mol. The van der Waals surface area contributed by atoms with Crippen molar-refractivity contribution in [2.45, 2.75) is 50.1 Å². The molecule has 0 N–H and O–H groups in total. The molecule has 0 aliphatic heterocycles. The predicted octanol–water partition coefficient (Wildman–Crippen LogP) is 2.51. The Kier molecular flexibility index (Phi) is 43.7. The van der Waals surface area contributed by atoms with Crippen LogP contribution in [0.15, 0.2) is 0 Å². The second-order valence-electron chi connectivity index (χ2n) is 2.57. The molecule has 0 heterocycles. The topological polar surface area (TPSA) is 57.0 Å². The molecule has 0 aromatic heterocycles. The van der Waals surface area contributed by atoms with E-state index in [4.69, 9.17) is 0 Å². The largest absolute Gasteiger partial charge is 3.00 e. The Morgan fingerprint density at radius 2 is 1.17 bits per heavy atom. The maximum Gasteiger partial charge on any atom is 3.00 e. The van der Waals surface area contributed by atoms with E-state index in [-0.39, 0.29) is 28.3 Å². The molecule has 0 radical (unpaired) electrons. The van der Waals surface area contributed by atoms with Gasteiger partial charge >= 0.3 is 82.7 Å². The van der Waals surface area contributed by atoms with Crippen LogP contribution in [0.25, 0.3) is 0 Å². The van der Waals surface area contributed by atoms with Gasteiger partial charge in [0.15, 0.2) is 0 Å². The molecule has 0 rings (SSSR count). The summed E-state index contributed by atoms with van der Waals surface area (Å²) in [7, 11) is 0. The molecule has 2 nitrogen and oxygen atoms in total. The van der Waals surface area contributed by atoms with Crippen molar-refractivity contribution in [2.24, 2.45) is 0 Å². The third-order valence-corrected chi connectivity index (χ3v) is 3.16. The van der Waals surface area contributed by atoms with Crippen LogP contribution in [0.3, 0.4) is 0 Å². The normalized spacial score (nSPS) is 6.83. The molecule has 12 heavy (non-hydrogen) atoms. The van der Waals surface area contributed by atoms with Crippen molar-refractivity contribution in [2.75, 3.05) is 0 Å². The smallest absolute Gasteiger partial charge is 2.00 e. The van der Waals surface area contributed by atoms with E-state index in [1.807, 2.05) is 0 Å². The molecule has 0 fully saturated rings. The molecule has 0 aliphatic carbocycles. The Labute approximate surface area is 93.6 Å². The van der Waals surface area contributed by atoms with Crippen LogP contribution in [0.2, 0.25) is 10.6 Å². The van der Waals surface area contributed by atoms with Gasteiger partial charge in [-0.2, -0.15) is 0 Å². The molecule has 0 aromatic rings. The van der Waals surface area contributed by atoms with E-state index in [0.717, 1.165) is 15.2 Å². The summed E-state index contributed by atoms with van der Waals surface area (Å²) >= 11 is 0.818. The summed E-state index contributed by atoms with van der Waals surface area (Å²) in [4.78, 5) is 0. The third kappa shape index (κ3) is 22.4. The van der Waals surface area contributed by atoms with Crippen LogP contribution in [0.5, 0.6) is 0 Å². The quantitative estimate of drug-likeness (QED) is 0.467. The number of hydrogen-bond donors (Lipinski definition) is 0. The van der Waals surface area contributed by atoms with Gasteiger partial charge in [0.1, 0.15) is 0 Å². The molecule has 0 amide bonds. The number of rotatable bonds is 6. The molecule has 4 heteroatoms. The Bertz CT molecular complexity index is 48.3. The molecule has 0 atom stereocenters. The first-order valence-electron chi connectivity index (χ1n) is 4.23. The number of unbranched alkanes of at least 4 members (excludes halogenated alkanes) is 2. The van der Waals surface area contributed by atoms with Crippen molar-refractivity contribution < 1.29 is 11.0 Å². The van der Waals surface area contributed by atoms with E-state index >= 15 is 0 Å². The van der Waals surface area contributed by atoms with Crippen LogP contribution < -0.4 is 0 Å². The second kappa shape index (κ2) is 22.7. The summed E-state index contributed by atoms with van der Waals surface area (Å²) in [6, 6.07) is 0. The van der Waals surface area contributed by atoms with Crippen molar-refractivity contribution in [1.29, 1.82) is 0 Å². The minimum Gasteiger partial charge on any atom is -2.00 e. The minimum atomic E-state index is 0. The van der Waals surface area contributed by atoms with E-state index in [0.29, 0.717) is 0 Å². The van der Waals surface area contributed by atoms with Crippen molar-refractivity contribution >= 4 is 32.6 Å². The zero-order valence-corrected chi connectivity index (χ0v) is 10.5. The fourth-order valence-electron chi connectivity index (χ4n) is 0.841.